The zero-order chi connectivity index (χ0) is 18.6. The van der Waals surface area contributed by atoms with E-state index < -0.39 is 5.97 Å². The van der Waals surface area contributed by atoms with E-state index in [1.165, 1.54) is 5.56 Å². The Bertz CT molecular complexity index is 699. The molecule has 0 amide bonds. The second-order valence-electron chi connectivity index (χ2n) is 6.20. The number of hydrogen-bond acceptors (Lipinski definition) is 3. The Morgan fingerprint density at radius 2 is 1.81 bits per heavy atom. The van der Waals surface area contributed by atoms with Crippen molar-refractivity contribution in [1.29, 1.82) is 0 Å². The highest BCUT2D eigenvalue weighted by atomic mass is 35.5. The minimum atomic E-state index is -0.780. The van der Waals surface area contributed by atoms with Gasteiger partial charge < -0.3 is 15.2 Å². The van der Waals surface area contributed by atoms with Crippen molar-refractivity contribution in [2.45, 2.75) is 26.2 Å². The van der Waals surface area contributed by atoms with Crippen LogP contribution in [0.1, 0.15) is 30.9 Å². The fraction of sp³-hybridized carbons (Fsp3) is 0.318. The second kappa shape index (κ2) is 13.0. The third-order valence-corrected chi connectivity index (χ3v) is 4.10. The molecule has 0 aliphatic carbocycles. The number of rotatable bonds is 11. The van der Waals surface area contributed by atoms with Gasteiger partial charge >= 0.3 is 5.97 Å². The first-order valence-electron chi connectivity index (χ1n) is 9.01. The Balaban J connectivity index is 0.00000364. The number of ether oxygens (including phenoxy) is 1. The summed E-state index contributed by atoms with van der Waals surface area (Å²) in [5, 5.41) is 11.7. The lowest BCUT2D eigenvalue weighted by molar-refractivity contribution is -0.136. The van der Waals surface area contributed by atoms with Crippen LogP contribution in [0.3, 0.4) is 0 Å². The van der Waals surface area contributed by atoms with Gasteiger partial charge in [0.1, 0.15) is 5.75 Å². The number of benzene rings is 2. The summed E-state index contributed by atoms with van der Waals surface area (Å²) < 4.78 is 5.81. The molecule has 0 unspecified atom stereocenters. The molecule has 146 valence electrons. The molecule has 0 heterocycles. The third kappa shape index (κ3) is 9.27. The summed E-state index contributed by atoms with van der Waals surface area (Å²) in [6.07, 6.45) is 4.23. The highest BCUT2D eigenvalue weighted by molar-refractivity contribution is 5.85. The Morgan fingerprint density at radius 3 is 2.48 bits per heavy atom. The minimum Gasteiger partial charge on any atom is -0.494 e. The average molecular weight is 390 g/mol. The van der Waals surface area contributed by atoms with E-state index in [2.05, 4.69) is 54.7 Å². The van der Waals surface area contributed by atoms with Crippen molar-refractivity contribution in [3.63, 3.8) is 0 Å². The van der Waals surface area contributed by atoms with Gasteiger partial charge in [0.15, 0.2) is 0 Å². The number of halogens is 1. The summed E-state index contributed by atoms with van der Waals surface area (Å²) in [4.78, 5) is 10.4. The molecule has 0 radical (unpaired) electrons. The maximum absolute atomic E-state index is 10.4. The molecule has 0 bridgehead atoms. The number of hydrogen-bond donors (Lipinski definition) is 2. The van der Waals surface area contributed by atoms with Crippen LogP contribution in [-0.2, 0) is 11.2 Å². The molecular weight excluding hydrogens is 362 g/mol. The lowest BCUT2D eigenvalue weighted by atomic mass is 10.1. The van der Waals surface area contributed by atoms with Gasteiger partial charge in [0, 0.05) is 13.1 Å². The van der Waals surface area contributed by atoms with Crippen LogP contribution >= 0.6 is 12.4 Å². The number of aryl methyl sites for hydroxylation is 1. The number of carbonyl (C=O) groups is 1. The topological polar surface area (TPSA) is 58.6 Å². The molecule has 2 aromatic carbocycles. The number of aliphatic carboxylic acids is 1. The molecule has 2 aromatic rings. The van der Waals surface area contributed by atoms with Gasteiger partial charge in [0.25, 0.3) is 0 Å². The van der Waals surface area contributed by atoms with Crippen LogP contribution in [0.25, 0.3) is 5.57 Å². The van der Waals surface area contributed by atoms with Crippen LogP contribution < -0.4 is 10.1 Å². The Hall–Kier alpha value is -2.30. The van der Waals surface area contributed by atoms with Gasteiger partial charge in [-0.25, -0.2) is 0 Å². The fourth-order valence-electron chi connectivity index (χ4n) is 2.57. The third-order valence-electron chi connectivity index (χ3n) is 4.10. The first-order chi connectivity index (χ1) is 12.6. The lowest BCUT2D eigenvalue weighted by Crippen LogP contribution is -2.18. The van der Waals surface area contributed by atoms with E-state index in [0.29, 0.717) is 19.7 Å². The molecule has 4 nitrogen and oxygen atoms in total. The summed E-state index contributed by atoms with van der Waals surface area (Å²) in [6, 6.07) is 18.5. The predicted molar refractivity (Wildman–Crippen MR) is 113 cm³/mol. The molecule has 0 aliphatic heterocycles. The van der Waals surface area contributed by atoms with E-state index in [9.17, 15) is 4.79 Å². The molecule has 2 N–H and O–H groups in total. The lowest BCUT2D eigenvalue weighted by Gasteiger charge is -2.08. The highest BCUT2D eigenvalue weighted by Crippen LogP contribution is 2.18. The predicted octanol–water partition coefficient (Wildman–Crippen LogP) is 4.59. The average Bonchev–Trinajstić information content (AvgIpc) is 2.66. The van der Waals surface area contributed by atoms with Crippen LogP contribution in [0.4, 0.5) is 0 Å². The van der Waals surface area contributed by atoms with Gasteiger partial charge in [-0.3, -0.25) is 4.79 Å². The van der Waals surface area contributed by atoms with Gasteiger partial charge in [-0.1, -0.05) is 48.5 Å². The smallest absolute Gasteiger partial charge is 0.304 e. The molecule has 0 atom stereocenters. The van der Waals surface area contributed by atoms with Gasteiger partial charge in [-0.2, -0.15) is 0 Å². The second-order valence-corrected chi connectivity index (χ2v) is 6.20. The maximum atomic E-state index is 10.4. The molecule has 0 aliphatic rings. The van der Waals surface area contributed by atoms with Crippen LogP contribution in [0, 0.1) is 0 Å². The van der Waals surface area contributed by atoms with Crippen LogP contribution in [0.15, 0.2) is 60.7 Å². The largest absolute Gasteiger partial charge is 0.494 e. The minimum absolute atomic E-state index is 0. The van der Waals surface area contributed by atoms with Crippen molar-refractivity contribution in [1.82, 2.24) is 5.32 Å². The van der Waals surface area contributed by atoms with Crippen molar-refractivity contribution in [3.8, 4) is 5.75 Å². The van der Waals surface area contributed by atoms with Crippen molar-refractivity contribution in [2.75, 3.05) is 19.7 Å². The molecule has 0 saturated heterocycles. The number of nitrogens with one attached hydrogen (secondary N) is 1. The standard InChI is InChI=1S/C22H27NO3.ClH/c1-18(13-15-23-16-14-22(24)25)20-9-11-21(12-10-20)26-17-5-8-19-6-3-2-4-7-19;/h2-4,6-7,9-13,23H,5,8,14-17H2,1H3,(H,24,25);1H/b18-13+;. The van der Waals surface area contributed by atoms with Crippen LogP contribution in [0.5, 0.6) is 5.75 Å². The van der Waals surface area contributed by atoms with E-state index in [1.807, 2.05) is 18.2 Å². The summed E-state index contributed by atoms with van der Waals surface area (Å²) in [6.45, 7) is 3.90. The van der Waals surface area contributed by atoms with Gasteiger partial charge in [0.05, 0.1) is 13.0 Å². The quantitative estimate of drug-likeness (QED) is 0.552. The molecule has 0 saturated carbocycles. The van der Waals surface area contributed by atoms with Crippen LogP contribution in [-0.4, -0.2) is 30.8 Å². The number of carboxylic acid groups (broad SMARTS) is 1. The van der Waals surface area contributed by atoms with Gasteiger partial charge in [0.2, 0.25) is 0 Å². The first kappa shape index (κ1) is 22.7. The Morgan fingerprint density at radius 1 is 1.11 bits per heavy atom. The van der Waals surface area contributed by atoms with E-state index in [-0.39, 0.29) is 18.8 Å². The summed E-state index contributed by atoms with van der Waals surface area (Å²) in [5.74, 6) is 0.103. The van der Waals surface area contributed by atoms with Gasteiger partial charge in [-0.05, 0) is 48.6 Å². The molecule has 0 fully saturated rings. The first-order valence-corrected chi connectivity index (χ1v) is 9.01. The van der Waals surface area contributed by atoms with E-state index in [0.717, 1.165) is 29.7 Å². The zero-order valence-corrected chi connectivity index (χ0v) is 16.5. The normalized spacial score (nSPS) is 10.9. The van der Waals surface area contributed by atoms with Crippen molar-refractivity contribution in [2.24, 2.45) is 0 Å². The summed E-state index contributed by atoms with van der Waals surface area (Å²) in [5.41, 5.74) is 3.63. The van der Waals surface area contributed by atoms with Crippen LogP contribution in [0.2, 0.25) is 0 Å². The number of carboxylic acids is 1. The van der Waals surface area contributed by atoms with E-state index >= 15 is 0 Å². The molecule has 0 spiro atoms. The molecule has 5 heteroatoms. The Kier molecular flexibility index (Phi) is 10.9. The Labute approximate surface area is 167 Å². The maximum Gasteiger partial charge on any atom is 0.304 e. The zero-order valence-electron chi connectivity index (χ0n) is 15.7. The molecule has 0 aromatic heterocycles. The van der Waals surface area contributed by atoms with Gasteiger partial charge in [-0.15, -0.1) is 12.4 Å². The molecule has 2 rings (SSSR count). The SMILES string of the molecule is C/C(=C\CNCCC(=O)O)c1ccc(OCCCc2ccccc2)cc1.Cl. The molecule has 27 heavy (non-hydrogen) atoms. The number of allylic oxidation sites excluding steroid dienone is 1. The summed E-state index contributed by atoms with van der Waals surface area (Å²) >= 11 is 0. The molecular formula is C22H28ClNO3. The van der Waals surface area contributed by atoms with Crippen molar-refractivity contribution < 1.29 is 14.6 Å². The van der Waals surface area contributed by atoms with E-state index in [1.54, 1.807) is 0 Å². The fourth-order valence-corrected chi connectivity index (χ4v) is 2.57. The highest BCUT2D eigenvalue weighted by Gasteiger charge is 1.99. The van der Waals surface area contributed by atoms with E-state index in [4.69, 9.17) is 9.84 Å². The summed E-state index contributed by atoms with van der Waals surface area (Å²) in [7, 11) is 0. The van der Waals surface area contributed by atoms with Crippen molar-refractivity contribution in [3.05, 3.63) is 71.8 Å². The van der Waals surface area contributed by atoms with Crippen molar-refractivity contribution >= 4 is 23.9 Å². The monoisotopic (exact) mass is 389 g/mol.